The van der Waals surface area contributed by atoms with E-state index < -0.39 is 0 Å². The maximum absolute atomic E-state index is 11.1. The molecular weight excluding hydrogens is 294 g/mol. The molecule has 2 aromatic carbocycles. The molecule has 0 amide bonds. The number of rotatable bonds is 3. The van der Waals surface area contributed by atoms with Crippen molar-refractivity contribution in [2.45, 2.75) is 0 Å². The third-order valence-electron chi connectivity index (χ3n) is 2.42. The van der Waals surface area contributed by atoms with E-state index in [4.69, 9.17) is 0 Å². The highest BCUT2D eigenvalue weighted by Gasteiger charge is 2.13. The number of benzene rings is 2. The van der Waals surface area contributed by atoms with Crippen LogP contribution in [-0.2, 0) is 0 Å². The van der Waals surface area contributed by atoms with Crippen molar-refractivity contribution in [3.8, 4) is 0 Å². The third-order valence-corrected chi connectivity index (χ3v) is 2.91. The minimum Gasteiger partial charge on any atom is -0.258 e. The summed E-state index contributed by atoms with van der Waals surface area (Å²) in [6.07, 6.45) is 1.57. The van der Waals surface area contributed by atoms with Crippen LogP contribution < -0.4 is 0 Å². The van der Waals surface area contributed by atoms with Crippen molar-refractivity contribution in [3.05, 3.63) is 80.3 Å². The van der Waals surface area contributed by atoms with Crippen molar-refractivity contribution in [2.75, 3.05) is 0 Å². The zero-order valence-corrected chi connectivity index (χ0v) is 11.0. The number of nitrogens with zero attached hydrogens (tertiary/aromatic N) is 1. The number of hydrogen-bond acceptors (Lipinski definition) is 2. The summed E-state index contributed by atoms with van der Waals surface area (Å²) in [6.45, 7) is 0. The minimum atomic E-state index is -0.365. The largest absolute Gasteiger partial charge is 0.277 e. The van der Waals surface area contributed by atoms with E-state index in [0.717, 1.165) is 10.0 Å². The molecule has 3 nitrogen and oxygen atoms in total. The Labute approximate surface area is 113 Å². The van der Waals surface area contributed by atoms with Gasteiger partial charge in [-0.05, 0) is 29.8 Å². The van der Waals surface area contributed by atoms with Crippen LogP contribution in [0.15, 0.2) is 59.1 Å². The summed E-state index contributed by atoms with van der Waals surface area (Å²) in [4.78, 5) is 10.7. The predicted molar refractivity (Wildman–Crippen MR) is 75.4 cm³/mol. The molecule has 2 aromatic rings. The lowest BCUT2D eigenvalue weighted by Crippen LogP contribution is -1.97. The molecule has 0 bridgehead atoms. The smallest absolute Gasteiger partial charge is 0.258 e. The van der Waals surface area contributed by atoms with E-state index in [1.807, 2.05) is 30.3 Å². The molecule has 0 aliphatic rings. The van der Waals surface area contributed by atoms with Crippen LogP contribution in [-0.4, -0.2) is 4.92 Å². The van der Waals surface area contributed by atoms with Gasteiger partial charge in [0.15, 0.2) is 0 Å². The first-order valence-electron chi connectivity index (χ1n) is 5.34. The van der Waals surface area contributed by atoms with Gasteiger partial charge in [0.25, 0.3) is 5.70 Å². The molecule has 0 aliphatic carbocycles. The molecule has 0 spiro atoms. The second-order valence-electron chi connectivity index (χ2n) is 3.71. The van der Waals surface area contributed by atoms with E-state index in [0.29, 0.717) is 5.56 Å². The van der Waals surface area contributed by atoms with Crippen molar-refractivity contribution in [3.63, 3.8) is 0 Å². The van der Waals surface area contributed by atoms with Crippen molar-refractivity contribution in [2.24, 2.45) is 0 Å². The monoisotopic (exact) mass is 303 g/mol. The van der Waals surface area contributed by atoms with Gasteiger partial charge in [-0.1, -0.05) is 46.3 Å². The van der Waals surface area contributed by atoms with Crippen LogP contribution in [0.25, 0.3) is 11.8 Å². The Kier molecular flexibility index (Phi) is 3.89. The van der Waals surface area contributed by atoms with E-state index in [1.54, 1.807) is 30.3 Å². The van der Waals surface area contributed by atoms with E-state index in [9.17, 15) is 10.1 Å². The summed E-state index contributed by atoms with van der Waals surface area (Å²) in [5.74, 6) is 0. The molecule has 0 saturated carbocycles. The van der Waals surface area contributed by atoms with Crippen molar-refractivity contribution in [1.82, 2.24) is 0 Å². The van der Waals surface area contributed by atoms with Crippen molar-refractivity contribution >= 4 is 27.7 Å². The lowest BCUT2D eigenvalue weighted by Gasteiger charge is -1.99. The summed E-state index contributed by atoms with van der Waals surface area (Å²) in [7, 11) is 0. The molecule has 0 radical (unpaired) electrons. The van der Waals surface area contributed by atoms with Crippen LogP contribution in [0.4, 0.5) is 0 Å². The van der Waals surface area contributed by atoms with Gasteiger partial charge in [-0.2, -0.15) is 0 Å². The Bertz CT molecular complexity index is 594. The SMILES string of the molecule is O=[N+]([O-])/C(=C/c1cccc(Br)c1)c1ccccc1. The Hall–Kier alpha value is -1.94. The van der Waals surface area contributed by atoms with Gasteiger partial charge in [0.2, 0.25) is 0 Å². The highest BCUT2D eigenvalue weighted by molar-refractivity contribution is 9.10. The fraction of sp³-hybridized carbons (Fsp3) is 0. The van der Waals surface area contributed by atoms with Crippen LogP contribution >= 0.6 is 15.9 Å². The normalized spacial score (nSPS) is 11.3. The van der Waals surface area contributed by atoms with Gasteiger partial charge in [-0.15, -0.1) is 0 Å². The molecule has 4 heteroatoms. The molecule has 0 aliphatic heterocycles. The molecule has 90 valence electrons. The second kappa shape index (κ2) is 5.60. The number of hydrogen-bond donors (Lipinski definition) is 0. The average molecular weight is 304 g/mol. The lowest BCUT2D eigenvalue weighted by atomic mass is 10.1. The van der Waals surface area contributed by atoms with Gasteiger partial charge in [0.1, 0.15) is 0 Å². The van der Waals surface area contributed by atoms with Crippen LogP contribution in [0.2, 0.25) is 0 Å². The lowest BCUT2D eigenvalue weighted by molar-refractivity contribution is -0.374. The number of halogens is 1. The molecule has 0 unspecified atom stereocenters. The van der Waals surface area contributed by atoms with E-state index >= 15 is 0 Å². The van der Waals surface area contributed by atoms with Crippen molar-refractivity contribution < 1.29 is 4.92 Å². The molecule has 0 aromatic heterocycles. The Morgan fingerprint density at radius 1 is 1.11 bits per heavy atom. The summed E-state index contributed by atoms with van der Waals surface area (Å²) < 4.78 is 0.895. The quantitative estimate of drug-likeness (QED) is 0.484. The highest BCUT2D eigenvalue weighted by Crippen LogP contribution is 2.20. The van der Waals surface area contributed by atoms with Gasteiger partial charge < -0.3 is 0 Å². The van der Waals surface area contributed by atoms with Gasteiger partial charge in [-0.25, -0.2) is 0 Å². The fourth-order valence-corrected chi connectivity index (χ4v) is 2.02. The molecule has 0 heterocycles. The van der Waals surface area contributed by atoms with E-state index in [2.05, 4.69) is 15.9 Å². The fourth-order valence-electron chi connectivity index (χ4n) is 1.60. The summed E-state index contributed by atoms with van der Waals surface area (Å²) >= 11 is 3.35. The predicted octanol–water partition coefficient (Wildman–Crippen LogP) is 4.22. The van der Waals surface area contributed by atoms with E-state index in [1.165, 1.54) is 0 Å². The zero-order valence-electron chi connectivity index (χ0n) is 9.42. The highest BCUT2D eigenvalue weighted by atomic mass is 79.9. The Morgan fingerprint density at radius 2 is 1.83 bits per heavy atom. The molecule has 0 atom stereocenters. The average Bonchev–Trinajstić information content (AvgIpc) is 2.37. The summed E-state index contributed by atoms with van der Waals surface area (Å²) in [6, 6.07) is 16.3. The maximum atomic E-state index is 11.1. The topological polar surface area (TPSA) is 43.1 Å². The first-order valence-corrected chi connectivity index (χ1v) is 6.13. The van der Waals surface area contributed by atoms with Crippen molar-refractivity contribution in [1.29, 1.82) is 0 Å². The van der Waals surface area contributed by atoms with Gasteiger partial charge in [0, 0.05) is 10.5 Å². The third kappa shape index (κ3) is 3.05. The Balaban J connectivity index is 2.46. The summed E-state index contributed by atoms with van der Waals surface area (Å²) in [5, 5.41) is 11.1. The van der Waals surface area contributed by atoms with E-state index in [-0.39, 0.29) is 10.6 Å². The molecule has 18 heavy (non-hydrogen) atoms. The molecule has 2 rings (SSSR count). The molecule has 0 saturated heterocycles. The van der Waals surface area contributed by atoms with Crippen LogP contribution in [0.1, 0.15) is 11.1 Å². The van der Waals surface area contributed by atoms with Crippen LogP contribution in [0.3, 0.4) is 0 Å². The standard InChI is InChI=1S/C14H10BrNO2/c15-13-8-4-5-11(9-13)10-14(16(17)18)12-6-2-1-3-7-12/h1-10H/b14-10+. The maximum Gasteiger partial charge on any atom is 0.277 e. The number of nitro groups is 1. The van der Waals surface area contributed by atoms with Crippen LogP contribution in [0.5, 0.6) is 0 Å². The second-order valence-corrected chi connectivity index (χ2v) is 4.62. The molecule has 0 fully saturated rings. The zero-order chi connectivity index (χ0) is 13.0. The first kappa shape index (κ1) is 12.5. The molecule has 0 N–H and O–H groups in total. The first-order chi connectivity index (χ1) is 8.66. The van der Waals surface area contributed by atoms with Gasteiger partial charge in [0.05, 0.1) is 10.5 Å². The van der Waals surface area contributed by atoms with Crippen LogP contribution in [0, 0.1) is 10.1 Å². The molecular formula is C14H10BrNO2. The Morgan fingerprint density at radius 3 is 2.44 bits per heavy atom. The minimum absolute atomic E-state index is 0.0914. The summed E-state index contributed by atoms with van der Waals surface area (Å²) in [5.41, 5.74) is 1.48. The van der Waals surface area contributed by atoms with Gasteiger partial charge >= 0.3 is 0 Å². The van der Waals surface area contributed by atoms with Gasteiger partial charge in [-0.3, -0.25) is 10.1 Å².